The lowest BCUT2D eigenvalue weighted by atomic mass is 9.96. The van der Waals surface area contributed by atoms with E-state index in [1.807, 2.05) is 0 Å². The Labute approximate surface area is 75.6 Å². The van der Waals surface area contributed by atoms with E-state index in [9.17, 15) is 0 Å². The van der Waals surface area contributed by atoms with Crippen LogP contribution in [0.25, 0.3) is 0 Å². The van der Waals surface area contributed by atoms with E-state index in [1.54, 1.807) is 0 Å². The summed E-state index contributed by atoms with van der Waals surface area (Å²) < 4.78 is 0. The summed E-state index contributed by atoms with van der Waals surface area (Å²) in [5.74, 6) is 0.721. The fraction of sp³-hybridized carbons (Fsp3) is 0.636. The van der Waals surface area contributed by atoms with Gasteiger partial charge in [-0.3, -0.25) is 0 Å². The first-order valence-electron chi connectivity index (χ1n) is 4.78. The highest BCUT2D eigenvalue weighted by Crippen LogP contribution is 2.16. The first-order valence-corrected chi connectivity index (χ1v) is 4.78. The van der Waals surface area contributed by atoms with Gasteiger partial charge in [0.25, 0.3) is 0 Å². The minimum atomic E-state index is 0.590. The predicted octanol–water partition coefficient (Wildman–Crippen LogP) is 2.51. The van der Waals surface area contributed by atoms with Gasteiger partial charge in [0.1, 0.15) is 0 Å². The maximum absolute atomic E-state index is 3.43. The molecule has 1 aliphatic carbocycles. The molecule has 1 rings (SSSR count). The topological polar surface area (TPSA) is 12.0 Å². The van der Waals surface area contributed by atoms with Gasteiger partial charge in [0.2, 0.25) is 0 Å². The van der Waals surface area contributed by atoms with Gasteiger partial charge in [-0.15, -0.1) is 0 Å². The van der Waals surface area contributed by atoms with Crippen LogP contribution in [0.4, 0.5) is 0 Å². The molecule has 0 aromatic carbocycles. The Morgan fingerprint density at radius 3 is 2.92 bits per heavy atom. The molecule has 1 aliphatic rings. The quantitative estimate of drug-likeness (QED) is 0.677. The number of allylic oxidation sites excluding steroid dienone is 3. The van der Waals surface area contributed by atoms with Gasteiger partial charge in [0.15, 0.2) is 0 Å². The number of hydrogen-bond donors (Lipinski definition) is 1. The van der Waals surface area contributed by atoms with Crippen LogP contribution in [0, 0.1) is 5.92 Å². The molecule has 1 N–H and O–H groups in total. The van der Waals surface area contributed by atoms with Crippen LogP contribution in [0.2, 0.25) is 0 Å². The summed E-state index contributed by atoms with van der Waals surface area (Å²) >= 11 is 0. The molecule has 1 heteroatoms. The Hall–Kier alpha value is -0.560. The molecule has 12 heavy (non-hydrogen) atoms. The van der Waals surface area contributed by atoms with Gasteiger partial charge >= 0.3 is 0 Å². The highest BCUT2D eigenvalue weighted by atomic mass is 14.9. The van der Waals surface area contributed by atoms with Crippen molar-refractivity contribution in [2.45, 2.75) is 33.2 Å². The largest absolute Gasteiger partial charge is 0.311 e. The summed E-state index contributed by atoms with van der Waals surface area (Å²) in [5.41, 5.74) is 1.53. The summed E-state index contributed by atoms with van der Waals surface area (Å²) in [6, 6.07) is 0.590. The number of nitrogens with one attached hydrogen (secondary N) is 1. The third-order valence-electron chi connectivity index (χ3n) is 2.09. The van der Waals surface area contributed by atoms with Gasteiger partial charge in [-0.2, -0.15) is 0 Å². The number of hydrogen-bond acceptors (Lipinski definition) is 1. The van der Waals surface area contributed by atoms with Gasteiger partial charge in [0.05, 0.1) is 0 Å². The van der Waals surface area contributed by atoms with Crippen molar-refractivity contribution in [2.24, 2.45) is 5.92 Å². The van der Waals surface area contributed by atoms with Crippen LogP contribution >= 0.6 is 0 Å². The van der Waals surface area contributed by atoms with Crippen molar-refractivity contribution < 1.29 is 0 Å². The second kappa shape index (κ2) is 4.46. The average Bonchev–Trinajstić information content (AvgIpc) is 2.01. The molecule has 0 saturated heterocycles. The lowest BCUT2D eigenvalue weighted by Crippen LogP contribution is -2.25. The fourth-order valence-electron chi connectivity index (χ4n) is 1.40. The zero-order chi connectivity index (χ0) is 8.97. The molecular formula is C11H19N. The van der Waals surface area contributed by atoms with E-state index >= 15 is 0 Å². The van der Waals surface area contributed by atoms with Crippen LogP contribution in [0.5, 0.6) is 0 Å². The van der Waals surface area contributed by atoms with E-state index in [0.717, 1.165) is 12.5 Å². The van der Waals surface area contributed by atoms with E-state index in [1.165, 1.54) is 12.0 Å². The van der Waals surface area contributed by atoms with E-state index < -0.39 is 0 Å². The average molecular weight is 165 g/mol. The lowest BCUT2D eigenvalue weighted by Gasteiger charge is -2.16. The SMILES string of the molecule is CC1C=CC=C(CNC(C)C)C1. The lowest BCUT2D eigenvalue weighted by molar-refractivity contribution is 0.592. The van der Waals surface area contributed by atoms with Gasteiger partial charge in [-0.25, -0.2) is 0 Å². The maximum Gasteiger partial charge on any atom is 0.0170 e. The van der Waals surface area contributed by atoms with Crippen LogP contribution in [0.1, 0.15) is 27.2 Å². The molecular weight excluding hydrogens is 146 g/mol. The molecule has 0 aromatic heterocycles. The summed E-state index contributed by atoms with van der Waals surface area (Å²) in [7, 11) is 0. The highest BCUT2D eigenvalue weighted by molar-refractivity contribution is 5.20. The zero-order valence-corrected chi connectivity index (χ0v) is 8.30. The number of rotatable bonds is 3. The predicted molar refractivity (Wildman–Crippen MR) is 54.1 cm³/mol. The molecule has 0 aromatic rings. The minimum Gasteiger partial charge on any atom is -0.311 e. The first-order chi connectivity index (χ1) is 5.68. The highest BCUT2D eigenvalue weighted by Gasteiger charge is 2.06. The molecule has 0 saturated carbocycles. The zero-order valence-electron chi connectivity index (χ0n) is 8.30. The van der Waals surface area contributed by atoms with Crippen LogP contribution in [0.3, 0.4) is 0 Å². The van der Waals surface area contributed by atoms with Crippen molar-refractivity contribution in [2.75, 3.05) is 6.54 Å². The fourth-order valence-corrected chi connectivity index (χ4v) is 1.40. The Kier molecular flexibility index (Phi) is 3.54. The summed E-state index contributed by atoms with van der Waals surface area (Å²) in [5, 5.41) is 3.43. The monoisotopic (exact) mass is 165 g/mol. The molecule has 1 atom stereocenters. The third kappa shape index (κ3) is 3.22. The molecule has 0 spiro atoms. The Balaban J connectivity index is 2.33. The minimum absolute atomic E-state index is 0.590. The summed E-state index contributed by atoms with van der Waals surface area (Å²) in [6.07, 6.45) is 7.88. The van der Waals surface area contributed by atoms with Gasteiger partial charge in [0, 0.05) is 12.6 Å². The van der Waals surface area contributed by atoms with E-state index in [0.29, 0.717) is 6.04 Å². The van der Waals surface area contributed by atoms with Crippen molar-refractivity contribution in [3.63, 3.8) is 0 Å². The van der Waals surface area contributed by atoms with Crippen molar-refractivity contribution in [3.05, 3.63) is 23.8 Å². The molecule has 0 amide bonds. The van der Waals surface area contributed by atoms with Crippen LogP contribution in [-0.4, -0.2) is 12.6 Å². The smallest absolute Gasteiger partial charge is 0.0170 e. The Bertz CT molecular complexity index is 189. The molecule has 0 aliphatic heterocycles. The first kappa shape index (κ1) is 9.53. The Morgan fingerprint density at radius 2 is 2.33 bits per heavy atom. The molecule has 1 nitrogen and oxygen atoms in total. The molecule has 68 valence electrons. The van der Waals surface area contributed by atoms with Gasteiger partial charge in [-0.1, -0.05) is 44.6 Å². The van der Waals surface area contributed by atoms with Crippen LogP contribution < -0.4 is 5.32 Å². The molecule has 0 bridgehead atoms. The van der Waals surface area contributed by atoms with Crippen molar-refractivity contribution in [1.82, 2.24) is 5.32 Å². The second-order valence-electron chi connectivity index (χ2n) is 3.93. The standard InChI is InChI=1S/C11H19N/c1-9(2)12-8-11-6-4-5-10(3)7-11/h4-6,9-10,12H,7-8H2,1-3H3. The maximum atomic E-state index is 3.43. The third-order valence-corrected chi connectivity index (χ3v) is 2.09. The molecule has 0 heterocycles. The van der Waals surface area contributed by atoms with E-state index in [4.69, 9.17) is 0 Å². The van der Waals surface area contributed by atoms with E-state index in [-0.39, 0.29) is 0 Å². The molecule has 1 unspecified atom stereocenters. The summed E-state index contributed by atoms with van der Waals surface area (Å²) in [4.78, 5) is 0. The Morgan fingerprint density at radius 1 is 1.58 bits per heavy atom. The van der Waals surface area contributed by atoms with Crippen molar-refractivity contribution >= 4 is 0 Å². The van der Waals surface area contributed by atoms with Crippen LogP contribution in [-0.2, 0) is 0 Å². The van der Waals surface area contributed by atoms with Crippen molar-refractivity contribution in [1.29, 1.82) is 0 Å². The molecule has 0 radical (unpaired) electrons. The second-order valence-corrected chi connectivity index (χ2v) is 3.93. The van der Waals surface area contributed by atoms with E-state index in [2.05, 4.69) is 44.3 Å². The van der Waals surface area contributed by atoms with Crippen LogP contribution in [0.15, 0.2) is 23.8 Å². The van der Waals surface area contributed by atoms with Crippen molar-refractivity contribution in [3.8, 4) is 0 Å². The van der Waals surface area contributed by atoms with Gasteiger partial charge < -0.3 is 5.32 Å². The van der Waals surface area contributed by atoms with Gasteiger partial charge in [-0.05, 0) is 12.3 Å². The summed E-state index contributed by atoms with van der Waals surface area (Å²) in [6.45, 7) is 7.68. The molecule has 0 fully saturated rings. The normalized spacial score (nSPS) is 23.0.